The van der Waals surface area contributed by atoms with E-state index in [2.05, 4.69) is 5.32 Å². The fourth-order valence-corrected chi connectivity index (χ4v) is 0.865. The molecule has 4 nitrogen and oxygen atoms in total. The molecule has 1 aromatic rings. The van der Waals surface area contributed by atoms with E-state index in [1.165, 1.54) is 12.3 Å². The number of pyridine rings is 1. The van der Waals surface area contributed by atoms with Crippen molar-refractivity contribution in [3.05, 3.63) is 22.5 Å². The fraction of sp³-hybridized carbons (Fsp3) is 0.286. The van der Waals surface area contributed by atoms with E-state index in [-0.39, 0.29) is 11.2 Å². The highest BCUT2D eigenvalue weighted by Crippen LogP contribution is 2.05. The summed E-state index contributed by atoms with van der Waals surface area (Å²) in [5.74, 6) is 0.444. The number of anilines is 1. The Kier molecular flexibility index (Phi) is 1.85. The zero-order valence-electron chi connectivity index (χ0n) is 6.46. The number of aromatic hydroxyl groups is 1. The molecule has 0 bridgehead atoms. The molecule has 0 atom stereocenters. The standard InChI is InChI=1S/C7H10N2O2/c1-8-7-3-5(10)6(11)4-9(7)2/h3-4,8,11H,1-2H3. The summed E-state index contributed by atoms with van der Waals surface area (Å²) in [5, 5.41) is 11.8. The van der Waals surface area contributed by atoms with Crippen molar-refractivity contribution in [3.63, 3.8) is 0 Å². The Morgan fingerprint density at radius 1 is 1.64 bits per heavy atom. The Labute approximate surface area is 64.1 Å². The third kappa shape index (κ3) is 1.34. The van der Waals surface area contributed by atoms with Crippen molar-refractivity contribution in [1.82, 2.24) is 4.57 Å². The molecule has 11 heavy (non-hydrogen) atoms. The zero-order valence-corrected chi connectivity index (χ0v) is 6.46. The molecule has 0 amide bonds. The van der Waals surface area contributed by atoms with Crippen molar-refractivity contribution in [2.45, 2.75) is 0 Å². The minimum atomic E-state index is -0.368. The first-order chi connectivity index (χ1) is 5.15. The van der Waals surface area contributed by atoms with Gasteiger partial charge >= 0.3 is 0 Å². The number of aryl methyl sites for hydroxylation is 1. The molecule has 0 fully saturated rings. The zero-order chi connectivity index (χ0) is 8.43. The second kappa shape index (κ2) is 2.65. The Morgan fingerprint density at radius 2 is 2.27 bits per heavy atom. The Hall–Kier alpha value is -1.45. The molecule has 0 aromatic carbocycles. The smallest absolute Gasteiger partial charge is 0.225 e. The Balaban J connectivity index is 3.32. The van der Waals surface area contributed by atoms with Crippen LogP contribution in [0.5, 0.6) is 5.75 Å². The average Bonchev–Trinajstić information content (AvgIpc) is 1.97. The lowest BCUT2D eigenvalue weighted by molar-refractivity contribution is 0.464. The summed E-state index contributed by atoms with van der Waals surface area (Å²) >= 11 is 0. The van der Waals surface area contributed by atoms with Gasteiger partial charge in [0.05, 0.1) is 6.20 Å². The minimum Gasteiger partial charge on any atom is -0.503 e. The van der Waals surface area contributed by atoms with Gasteiger partial charge in [-0.2, -0.15) is 0 Å². The van der Waals surface area contributed by atoms with E-state index in [9.17, 15) is 4.79 Å². The highest BCUT2D eigenvalue weighted by atomic mass is 16.3. The lowest BCUT2D eigenvalue weighted by Crippen LogP contribution is -2.08. The van der Waals surface area contributed by atoms with Gasteiger partial charge in [-0.25, -0.2) is 0 Å². The first-order valence-corrected chi connectivity index (χ1v) is 3.22. The third-order valence-electron chi connectivity index (χ3n) is 1.47. The van der Waals surface area contributed by atoms with Crippen LogP contribution in [0.1, 0.15) is 0 Å². The van der Waals surface area contributed by atoms with Crippen LogP contribution in [0.25, 0.3) is 0 Å². The first-order valence-electron chi connectivity index (χ1n) is 3.22. The number of rotatable bonds is 1. The molecule has 0 unspecified atom stereocenters. The molecule has 0 saturated heterocycles. The summed E-state index contributed by atoms with van der Waals surface area (Å²) in [4.78, 5) is 10.8. The molecule has 0 aliphatic heterocycles. The van der Waals surface area contributed by atoms with Gasteiger partial charge in [-0.15, -0.1) is 0 Å². The largest absolute Gasteiger partial charge is 0.503 e. The number of aromatic nitrogens is 1. The van der Waals surface area contributed by atoms with Crippen molar-refractivity contribution in [2.75, 3.05) is 12.4 Å². The molecule has 0 radical (unpaired) electrons. The van der Waals surface area contributed by atoms with Crippen molar-refractivity contribution in [3.8, 4) is 5.75 Å². The summed E-state index contributed by atoms with van der Waals surface area (Å²) in [5.41, 5.74) is -0.368. The molecule has 0 saturated carbocycles. The van der Waals surface area contributed by atoms with Gasteiger partial charge in [-0.05, 0) is 0 Å². The lowest BCUT2D eigenvalue weighted by Gasteiger charge is -2.06. The predicted molar refractivity (Wildman–Crippen MR) is 42.9 cm³/mol. The van der Waals surface area contributed by atoms with E-state index in [1.54, 1.807) is 18.7 Å². The maximum absolute atomic E-state index is 10.8. The normalized spacial score (nSPS) is 9.64. The molecule has 1 aromatic heterocycles. The van der Waals surface area contributed by atoms with E-state index in [0.29, 0.717) is 5.82 Å². The van der Waals surface area contributed by atoms with Gasteiger partial charge in [0, 0.05) is 20.2 Å². The summed E-state index contributed by atoms with van der Waals surface area (Å²) in [6, 6.07) is 1.34. The third-order valence-corrected chi connectivity index (χ3v) is 1.47. The average molecular weight is 154 g/mol. The molecule has 4 heteroatoms. The van der Waals surface area contributed by atoms with E-state index in [4.69, 9.17) is 5.11 Å². The van der Waals surface area contributed by atoms with Gasteiger partial charge < -0.3 is 15.0 Å². The van der Waals surface area contributed by atoms with Crippen molar-refractivity contribution >= 4 is 5.82 Å². The molecule has 0 spiro atoms. The van der Waals surface area contributed by atoms with Crippen LogP contribution < -0.4 is 10.7 Å². The minimum absolute atomic E-state index is 0.230. The van der Waals surface area contributed by atoms with Crippen LogP contribution in [0.2, 0.25) is 0 Å². The van der Waals surface area contributed by atoms with Gasteiger partial charge in [0.15, 0.2) is 5.75 Å². The molecular weight excluding hydrogens is 144 g/mol. The van der Waals surface area contributed by atoms with E-state index in [0.717, 1.165) is 0 Å². The number of nitrogens with one attached hydrogen (secondary N) is 1. The van der Waals surface area contributed by atoms with Gasteiger partial charge in [0.2, 0.25) is 5.43 Å². The quantitative estimate of drug-likeness (QED) is 0.604. The van der Waals surface area contributed by atoms with Crippen molar-refractivity contribution in [2.24, 2.45) is 7.05 Å². The number of hydrogen-bond donors (Lipinski definition) is 2. The van der Waals surface area contributed by atoms with E-state index < -0.39 is 0 Å². The van der Waals surface area contributed by atoms with Gasteiger partial charge in [-0.1, -0.05) is 0 Å². The van der Waals surface area contributed by atoms with Crippen LogP contribution in [-0.2, 0) is 7.05 Å². The van der Waals surface area contributed by atoms with Crippen molar-refractivity contribution in [1.29, 1.82) is 0 Å². The van der Waals surface area contributed by atoms with Crippen LogP contribution in [0, 0.1) is 0 Å². The Morgan fingerprint density at radius 3 is 2.82 bits per heavy atom. The molecular formula is C7H10N2O2. The first kappa shape index (κ1) is 7.65. The van der Waals surface area contributed by atoms with Crippen LogP contribution in [0.15, 0.2) is 17.1 Å². The molecule has 1 heterocycles. The van der Waals surface area contributed by atoms with Crippen LogP contribution >= 0.6 is 0 Å². The summed E-state index contributed by atoms with van der Waals surface area (Å²) < 4.78 is 1.64. The second-order valence-corrected chi connectivity index (χ2v) is 2.27. The second-order valence-electron chi connectivity index (χ2n) is 2.27. The van der Waals surface area contributed by atoms with Crippen LogP contribution in [0.4, 0.5) is 5.82 Å². The van der Waals surface area contributed by atoms with Gasteiger partial charge in [-0.3, -0.25) is 4.79 Å². The van der Waals surface area contributed by atoms with Gasteiger partial charge in [0.25, 0.3) is 0 Å². The highest BCUT2D eigenvalue weighted by molar-refractivity contribution is 5.37. The summed E-state index contributed by atoms with van der Waals surface area (Å²) in [6.07, 6.45) is 1.37. The monoisotopic (exact) mass is 154 g/mol. The van der Waals surface area contributed by atoms with Gasteiger partial charge in [0.1, 0.15) is 5.82 Å². The SMILES string of the molecule is CNc1cc(=O)c(O)cn1C. The lowest BCUT2D eigenvalue weighted by atomic mass is 10.4. The molecule has 2 N–H and O–H groups in total. The molecule has 1 rings (SSSR count). The molecule has 60 valence electrons. The van der Waals surface area contributed by atoms with Crippen LogP contribution in [-0.4, -0.2) is 16.7 Å². The highest BCUT2D eigenvalue weighted by Gasteiger charge is 1.99. The molecule has 0 aliphatic rings. The van der Waals surface area contributed by atoms with Crippen molar-refractivity contribution < 1.29 is 5.11 Å². The fourth-order valence-electron chi connectivity index (χ4n) is 0.865. The summed E-state index contributed by atoms with van der Waals surface area (Å²) in [7, 11) is 3.46. The maximum atomic E-state index is 10.8. The van der Waals surface area contributed by atoms with Crippen LogP contribution in [0.3, 0.4) is 0 Å². The predicted octanol–water partition coefficient (Wildman–Crippen LogP) is 0.133. The number of nitrogens with zero attached hydrogens (tertiary/aromatic N) is 1. The Bertz CT molecular complexity index is 317. The summed E-state index contributed by atoms with van der Waals surface area (Å²) in [6.45, 7) is 0. The van der Waals surface area contributed by atoms with E-state index >= 15 is 0 Å². The van der Waals surface area contributed by atoms with E-state index in [1.807, 2.05) is 0 Å². The topological polar surface area (TPSA) is 54.3 Å². The molecule has 0 aliphatic carbocycles. The maximum Gasteiger partial charge on any atom is 0.225 e. The number of hydrogen-bond acceptors (Lipinski definition) is 3.